The Kier molecular flexibility index (Phi) is 5.15. The Balaban J connectivity index is 1.33. The van der Waals surface area contributed by atoms with E-state index in [0.29, 0.717) is 12.3 Å². The summed E-state index contributed by atoms with van der Waals surface area (Å²) >= 11 is 0. The maximum atomic E-state index is 12.6. The molecule has 5 rings (SSSR count). The summed E-state index contributed by atoms with van der Waals surface area (Å²) in [7, 11) is 0. The molecule has 154 valence electrons. The molecular weight excluding hydrogens is 388 g/mol. The minimum Gasteiger partial charge on any atom is -0.454 e. The highest BCUT2D eigenvalue weighted by Gasteiger charge is 2.18. The van der Waals surface area contributed by atoms with Crippen molar-refractivity contribution in [3.63, 3.8) is 0 Å². The molecule has 5 nitrogen and oxygen atoms in total. The monoisotopic (exact) mass is 410 g/mol. The fourth-order valence-electron chi connectivity index (χ4n) is 3.93. The number of aromatic nitrogens is 1. The van der Waals surface area contributed by atoms with E-state index in [1.165, 1.54) is 10.9 Å². The van der Waals surface area contributed by atoms with Crippen LogP contribution in [-0.4, -0.2) is 24.2 Å². The summed E-state index contributed by atoms with van der Waals surface area (Å²) in [5, 5.41) is 4.23. The number of hydrogen-bond donors (Lipinski definition) is 2. The van der Waals surface area contributed by atoms with Gasteiger partial charge in [0.05, 0.1) is 0 Å². The van der Waals surface area contributed by atoms with Gasteiger partial charge < -0.3 is 19.8 Å². The van der Waals surface area contributed by atoms with Gasteiger partial charge in [-0.3, -0.25) is 4.79 Å². The van der Waals surface area contributed by atoms with Gasteiger partial charge >= 0.3 is 0 Å². The number of ether oxygens (including phenoxy) is 2. The van der Waals surface area contributed by atoms with Crippen LogP contribution in [0, 0.1) is 0 Å². The molecule has 4 aromatic rings. The SMILES string of the molecule is O=C(/C=C/c1ccc2c(c1)OCO2)NCC(c1ccccc1)c1c[nH]c2ccccc12. The number of carbonyl (C=O) groups is 1. The number of amides is 1. The predicted octanol–water partition coefficient (Wildman–Crippen LogP) is 4.86. The van der Waals surface area contributed by atoms with Gasteiger partial charge in [-0.25, -0.2) is 0 Å². The molecule has 3 aromatic carbocycles. The lowest BCUT2D eigenvalue weighted by molar-refractivity contribution is -0.116. The molecule has 31 heavy (non-hydrogen) atoms. The van der Waals surface area contributed by atoms with Gasteiger partial charge in [0, 0.05) is 35.6 Å². The first kappa shape index (κ1) is 19.0. The summed E-state index contributed by atoms with van der Waals surface area (Å²) in [5.74, 6) is 1.33. The molecule has 0 radical (unpaired) electrons. The number of H-pyrrole nitrogens is 1. The van der Waals surface area contributed by atoms with Gasteiger partial charge in [0.1, 0.15) is 0 Å². The van der Waals surface area contributed by atoms with Crippen molar-refractivity contribution in [3.8, 4) is 11.5 Å². The molecule has 1 atom stereocenters. The molecule has 2 N–H and O–H groups in total. The Hall–Kier alpha value is -3.99. The van der Waals surface area contributed by atoms with E-state index in [4.69, 9.17) is 9.47 Å². The number of carbonyl (C=O) groups excluding carboxylic acids is 1. The minimum absolute atomic E-state index is 0.0419. The number of nitrogens with one attached hydrogen (secondary N) is 2. The van der Waals surface area contributed by atoms with Crippen LogP contribution in [0.5, 0.6) is 11.5 Å². The first-order valence-corrected chi connectivity index (χ1v) is 10.2. The van der Waals surface area contributed by atoms with Crippen LogP contribution in [0.2, 0.25) is 0 Å². The Morgan fingerprint density at radius 3 is 2.71 bits per heavy atom. The average Bonchev–Trinajstić information content (AvgIpc) is 3.45. The van der Waals surface area contributed by atoms with Crippen molar-refractivity contribution in [1.82, 2.24) is 10.3 Å². The summed E-state index contributed by atoms with van der Waals surface area (Å²) in [6, 6.07) is 24.1. The molecule has 5 heteroatoms. The van der Waals surface area contributed by atoms with Crippen molar-refractivity contribution in [1.29, 1.82) is 0 Å². The number of para-hydroxylation sites is 1. The van der Waals surface area contributed by atoms with Crippen molar-refractivity contribution in [2.45, 2.75) is 5.92 Å². The van der Waals surface area contributed by atoms with E-state index in [9.17, 15) is 4.79 Å². The Bertz CT molecular complexity index is 1240. The van der Waals surface area contributed by atoms with Gasteiger partial charge in [0.2, 0.25) is 12.7 Å². The second-order valence-corrected chi connectivity index (χ2v) is 7.44. The van der Waals surface area contributed by atoms with Crippen molar-refractivity contribution in [2.75, 3.05) is 13.3 Å². The van der Waals surface area contributed by atoms with Gasteiger partial charge in [-0.2, -0.15) is 0 Å². The van der Waals surface area contributed by atoms with Crippen LogP contribution in [0.1, 0.15) is 22.6 Å². The standard InChI is InChI=1S/C26H22N2O3/c29-26(13-11-18-10-12-24-25(14-18)31-17-30-24)28-15-21(19-6-2-1-3-7-19)22-16-27-23-9-5-4-8-20(22)23/h1-14,16,21,27H,15,17H2,(H,28,29)/b13-11+. The smallest absolute Gasteiger partial charge is 0.244 e. The molecule has 0 saturated carbocycles. The van der Waals surface area contributed by atoms with Crippen LogP contribution in [-0.2, 0) is 4.79 Å². The quantitative estimate of drug-likeness (QED) is 0.446. The third-order valence-electron chi connectivity index (χ3n) is 5.50. The van der Waals surface area contributed by atoms with E-state index in [2.05, 4.69) is 34.6 Å². The summed E-state index contributed by atoms with van der Waals surface area (Å²) in [4.78, 5) is 15.9. The van der Waals surface area contributed by atoms with E-state index in [1.807, 2.05) is 54.7 Å². The van der Waals surface area contributed by atoms with Crippen LogP contribution in [0.15, 0.2) is 85.1 Å². The van der Waals surface area contributed by atoms with Crippen LogP contribution in [0.3, 0.4) is 0 Å². The molecule has 2 heterocycles. The lowest BCUT2D eigenvalue weighted by Crippen LogP contribution is -2.27. The molecule has 0 spiro atoms. The third-order valence-corrected chi connectivity index (χ3v) is 5.50. The second-order valence-electron chi connectivity index (χ2n) is 7.44. The van der Waals surface area contributed by atoms with Crippen LogP contribution in [0.25, 0.3) is 17.0 Å². The first-order chi connectivity index (χ1) is 15.3. The number of benzene rings is 3. The lowest BCUT2D eigenvalue weighted by atomic mass is 9.91. The summed E-state index contributed by atoms with van der Waals surface area (Å²) in [6.45, 7) is 0.730. The molecule has 0 fully saturated rings. The average molecular weight is 410 g/mol. The van der Waals surface area contributed by atoms with Gasteiger partial charge in [0.15, 0.2) is 11.5 Å². The van der Waals surface area contributed by atoms with Crippen molar-refractivity contribution in [2.24, 2.45) is 0 Å². The van der Waals surface area contributed by atoms with E-state index in [-0.39, 0.29) is 18.6 Å². The normalized spacial score (nSPS) is 13.5. The highest BCUT2D eigenvalue weighted by atomic mass is 16.7. The highest BCUT2D eigenvalue weighted by Crippen LogP contribution is 2.33. The number of fused-ring (bicyclic) bond motifs is 2. The van der Waals surface area contributed by atoms with E-state index >= 15 is 0 Å². The van der Waals surface area contributed by atoms with Crippen LogP contribution >= 0.6 is 0 Å². The Morgan fingerprint density at radius 1 is 1.00 bits per heavy atom. The number of rotatable bonds is 6. The van der Waals surface area contributed by atoms with Crippen molar-refractivity contribution in [3.05, 3.63) is 102 Å². The number of hydrogen-bond acceptors (Lipinski definition) is 3. The molecule has 1 aliphatic heterocycles. The van der Waals surface area contributed by atoms with Crippen LogP contribution in [0.4, 0.5) is 0 Å². The molecule has 0 saturated heterocycles. The van der Waals surface area contributed by atoms with Gasteiger partial charge in [0.25, 0.3) is 0 Å². The summed E-state index contributed by atoms with van der Waals surface area (Å²) in [5.41, 5.74) is 4.30. The minimum atomic E-state index is -0.140. The third kappa shape index (κ3) is 4.03. The molecule has 0 bridgehead atoms. The number of aromatic amines is 1. The van der Waals surface area contributed by atoms with Crippen LogP contribution < -0.4 is 14.8 Å². The fraction of sp³-hybridized carbons (Fsp3) is 0.115. The first-order valence-electron chi connectivity index (χ1n) is 10.2. The zero-order valence-electron chi connectivity index (χ0n) is 16.9. The van der Waals surface area contributed by atoms with E-state index < -0.39 is 0 Å². The zero-order valence-corrected chi connectivity index (χ0v) is 16.9. The Labute approximate surface area is 180 Å². The van der Waals surface area contributed by atoms with Gasteiger partial charge in [-0.1, -0.05) is 54.6 Å². The summed E-state index contributed by atoms with van der Waals surface area (Å²) in [6.07, 6.45) is 5.37. The maximum Gasteiger partial charge on any atom is 0.244 e. The molecule has 1 aliphatic rings. The second kappa shape index (κ2) is 8.40. The predicted molar refractivity (Wildman–Crippen MR) is 121 cm³/mol. The Morgan fingerprint density at radius 2 is 1.81 bits per heavy atom. The summed E-state index contributed by atoms with van der Waals surface area (Å²) < 4.78 is 10.7. The van der Waals surface area contributed by atoms with Gasteiger partial charge in [-0.05, 0) is 41.0 Å². The zero-order chi connectivity index (χ0) is 21.0. The van der Waals surface area contributed by atoms with Crippen molar-refractivity contribution >= 4 is 22.9 Å². The molecule has 0 aliphatic carbocycles. The largest absolute Gasteiger partial charge is 0.454 e. The lowest BCUT2D eigenvalue weighted by Gasteiger charge is -2.17. The molecular formula is C26H22N2O3. The van der Waals surface area contributed by atoms with E-state index in [0.717, 1.165) is 22.4 Å². The van der Waals surface area contributed by atoms with Gasteiger partial charge in [-0.15, -0.1) is 0 Å². The molecule has 1 unspecified atom stereocenters. The van der Waals surface area contributed by atoms with E-state index in [1.54, 1.807) is 12.2 Å². The highest BCUT2D eigenvalue weighted by molar-refractivity contribution is 5.92. The molecule has 1 amide bonds. The van der Waals surface area contributed by atoms with Crippen molar-refractivity contribution < 1.29 is 14.3 Å². The fourth-order valence-corrected chi connectivity index (χ4v) is 3.93. The maximum absolute atomic E-state index is 12.6. The molecule has 1 aromatic heterocycles. The topological polar surface area (TPSA) is 63.4 Å².